The number of hydrogen-bond acceptors (Lipinski definition) is 7. The van der Waals surface area contributed by atoms with Crippen LogP contribution in [0.25, 0.3) is 0 Å². The van der Waals surface area contributed by atoms with Crippen LogP contribution in [0.3, 0.4) is 0 Å². The van der Waals surface area contributed by atoms with E-state index < -0.39 is 21.5 Å². The summed E-state index contributed by atoms with van der Waals surface area (Å²) in [6.45, 7) is 0.0837. The third-order valence-electron chi connectivity index (χ3n) is 6.11. The summed E-state index contributed by atoms with van der Waals surface area (Å²) in [5.74, 6) is 0.740. The topological polar surface area (TPSA) is 127 Å². The molecule has 0 aliphatic carbocycles. The summed E-state index contributed by atoms with van der Waals surface area (Å²) in [6.07, 6.45) is 3.59. The summed E-state index contributed by atoms with van der Waals surface area (Å²) < 4.78 is 41.6. The van der Waals surface area contributed by atoms with Gasteiger partial charge in [-0.3, -0.25) is 0 Å². The van der Waals surface area contributed by atoms with Crippen molar-refractivity contribution in [2.45, 2.75) is 49.6 Å². The number of aliphatic hydroxyl groups excluding tert-OH is 2. The molecular weight excluding hydrogens is 515 g/mol. The van der Waals surface area contributed by atoms with Crippen molar-refractivity contribution >= 4 is 10.1 Å². The zero-order chi connectivity index (χ0) is 26.7. The van der Waals surface area contributed by atoms with Crippen LogP contribution in [0.4, 0.5) is 0 Å². The van der Waals surface area contributed by atoms with E-state index in [0.29, 0.717) is 30.6 Å². The first-order valence-corrected chi connectivity index (χ1v) is 13.7. The van der Waals surface area contributed by atoms with E-state index in [4.69, 9.17) is 4.74 Å². The standard InChI is InChI=1S/C29H34O7S.Na/c30-21-5-10-29(24-6-2-1-3-7-24)36-26-18-11-22(12-19-26)13-20-27(37(33,34)35)8-4-9-28(32)23-14-16-25(31)17-15-23;/h1-4,6-7,9,11-12,14-19,27-32H,5,8,10,13,20-21H2,(H,33,34,35);/q;+1/p-1. The molecule has 0 amide bonds. The number of rotatable bonds is 14. The molecular formula is C29H33NaO7S. The van der Waals surface area contributed by atoms with Crippen LogP contribution in [0.2, 0.25) is 0 Å². The molecule has 3 atom stereocenters. The van der Waals surface area contributed by atoms with E-state index in [1.54, 1.807) is 12.1 Å². The van der Waals surface area contributed by atoms with Gasteiger partial charge in [-0.2, -0.15) is 0 Å². The van der Waals surface area contributed by atoms with Gasteiger partial charge in [0.05, 0.1) is 21.5 Å². The Labute approximate surface area is 246 Å². The van der Waals surface area contributed by atoms with Crippen molar-refractivity contribution in [2.24, 2.45) is 0 Å². The zero-order valence-corrected chi connectivity index (χ0v) is 24.3. The zero-order valence-electron chi connectivity index (χ0n) is 21.5. The van der Waals surface area contributed by atoms with Gasteiger partial charge in [0.25, 0.3) is 0 Å². The predicted octanol–water partition coefficient (Wildman–Crippen LogP) is 1.82. The molecule has 0 saturated carbocycles. The first-order chi connectivity index (χ1) is 17.8. The van der Waals surface area contributed by atoms with Gasteiger partial charge in [0, 0.05) is 6.61 Å². The summed E-state index contributed by atoms with van der Waals surface area (Å²) in [6, 6.07) is 23.1. The molecule has 0 aliphatic rings. The SMILES string of the molecule is O=S(=O)([O-])C(CC=CC(O)c1ccc(O)cc1)CCc1ccc(OC(CCCO)c2ccccc2)cc1.[Na+]. The van der Waals surface area contributed by atoms with Gasteiger partial charge in [0.15, 0.2) is 0 Å². The molecule has 0 saturated heterocycles. The molecule has 3 aromatic rings. The van der Waals surface area contributed by atoms with Gasteiger partial charge in [0.2, 0.25) is 0 Å². The molecule has 198 valence electrons. The summed E-state index contributed by atoms with van der Waals surface area (Å²) in [5.41, 5.74) is 2.44. The molecule has 0 aromatic heterocycles. The average molecular weight is 549 g/mol. The number of aromatic hydroxyl groups is 1. The van der Waals surface area contributed by atoms with Crippen molar-refractivity contribution < 1.29 is 62.6 Å². The second-order valence-electron chi connectivity index (χ2n) is 8.88. The van der Waals surface area contributed by atoms with Crippen molar-refractivity contribution in [3.05, 3.63) is 108 Å². The molecule has 9 heteroatoms. The van der Waals surface area contributed by atoms with E-state index in [2.05, 4.69) is 0 Å². The maximum absolute atomic E-state index is 11.8. The monoisotopic (exact) mass is 548 g/mol. The van der Waals surface area contributed by atoms with E-state index in [-0.39, 0.29) is 60.9 Å². The molecule has 3 unspecified atom stereocenters. The van der Waals surface area contributed by atoms with E-state index in [1.165, 1.54) is 24.3 Å². The van der Waals surface area contributed by atoms with Crippen LogP contribution in [0, 0.1) is 0 Å². The summed E-state index contributed by atoms with van der Waals surface area (Å²) in [7, 11) is -4.53. The van der Waals surface area contributed by atoms with E-state index >= 15 is 0 Å². The van der Waals surface area contributed by atoms with E-state index in [9.17, 15) is 28.3 Å². The summed E-state index contributed by atoms with van der Waals surface area (Å²) in [4.78, 5) is 0. The predicted molar refractivity (Wildman–Crippen MR) is 141 cm³/mol. The molecule has 0 aliphatic heterocycles. The van der Waals surface area contributed by atoms with Crippen LogP contribution in [0.5, 0.6) is 11.5 Å². The number of aliphatic hydroxyl groups is 2. The van der Waals surface area contributed by atoms with Crippen molar-refractivity contribution in [1.29, 1.82) is 0 Å². The Balaban J connectivity index is 0.00000507. The quantitative estimate of drug-likeness (QED) is 0.159. The van der Waals surface area contributed by atoms with Crippen LogP contribution in [0.1, 0.15) is 54.6 Å². The van der Waals surface area contributed by atoms with Crippen LogP contribution in [-0.2, 0) is 16.5 Å². The first kappa shape index (κ1) is 32.0. The number of ether oxygens (including phenoxy) is 1. The van der Waals surface area contributed by atoms with Gasteiger partial charge in [-0.05, 0) is 73.1 Å². The van der Waals surface area contributed by atoms with Crippen LogP contribution < -0.4 is 34.3 Å². The molecule has 0 spiro atoms. The smallest absolute Gasteiger partial charge is 0.748 e. The molecule has 38 heavy (non-hydrogen) atoms. The fraction of sp³-hybridized carbons (Fsp3) is 0.310. The number of allylic oxidation sites excluding steroid dienone is 1. The maximum Gasteiger partial charge on any atom is 1.00 e. The van der Waals surface area contributed by atoms with E-state index in [0.717, 1.165) is 11.1 Å². The normalized spacial score (nSPS) is 14.0. The number of phenols is 1. The Morgan fingerprint density at radius 2 is 1.55 bits per heavy atom. The Hall–Kier alpha value is -2.17. The number of aryl methyl sites for hydroxylation is 1. The maximum atomic E-state index is 11.8. The second kappa shape index (κ2) is 16.1. The molecule has 3 N–H and O–H groups in total. The fourth-order valence-corrected chi connectivity index (χ4v) is 4.74. The van der Waals surface area contributed by atoms with Crippen molar-refractivity contribution in [3.63, 3.8) is 0 Å². The molecule has 0 fully saturated rings. The average Bonchev–Trinajstić information content (AvgIpc) is 2.89. The van der Waals surface area contributed by atoms with Gasteiger partial charge in [-0.25, -0.2) is 8.42 Å². The summed E-state index contributed by atoms with van der Waals surface area (Å²) >= 11 is 0. The number of hydrogen-bond donors (Lipinski definition) is 3. The van der Waals surface area contributed by atoms with Gasteiger partial charge in [-0.15, -0.1) is 0 Å². The van der Waals surface area contributed by atoms with Crippen LogP contribution in [-0.4, -0.2) is 40.1 Å². The summed E-state index contributed by atoms with van der Waals surface area (Å²) in [5, 5.41) is 27.7. The molecule has 0 radical (unpaired) electrons. The van der Waals surface area contributed by atoms with Crippen LogP contribution in [0.15, 0.2) is 91.0 Å². The molecule has 3 aromatic carbocycles. The minimum absolute atomic E-state index is 0. The third kappa shape index (κ3) is 10.5. The Bertz CT molecular complexity index is 1210. The minimum atomic E-state index is -4.53. The van der Waals surface area contributed by atoms with E-state index in [1.807, 2.05) is 54.6 Å². The van der Waals surface area contributed by atoms with Crippen LogP contribution >= 0.6 is 0 Å². The van der Waals surface area contributed by atoms with Crippen molar-refractivity contribution in [1.82, 2.24) is 0 Å². The molecule has 0 bridgehead atoms. The van der Waals surface area contributed by atoms with Crippen molar-refractivity contribution in [3.8, 4) is 11.5 Å². The Kier molecular flexibility index (Phi) is 13.5. The van der Waals surface area contributed by atoms with Gasteiger partial charge in [-0.1, -0.05) is 66.7 Å². The van der Waals surface area contributed by atoms with Gasteiger partial charge in [0.1, 0.15) is 17.6 Å². The number of phenolic OH excluding ortho intramolecular Hbond substituents is 1. The van der Waals surface area contributed by atoms with Crippen molar-refractivity contribution in [2.75, 3.05) is 6.61 Å². The minimum Gasteiger partial charge on any atom is -0.748 e. The fourth-order valence-electron chi connectivity index (χ4n) is 3.99. The second-order valence-corrected chi connectivity index (χ2v) is 10.5. The Morgan fingerprint density at radius 1 is 0.895 bits per heavy atom. The van der Waals surface area contributed by atoms with Gasteiger partial charge < -0.3 is 24.6 Å². The third-order valence-corrected chi connectivity index (χ3v) is 7.36. The largest absolute Gasteiger partial charge is 1.00 e. The number of benzene rings is 3. The molecule has 7 nitrogen and oxygen atoms in total. The van der Waals surface area contributed by atoms with Gasteiger partial charge >= 0.3 is 29.6 Å². The first-order valence-electron chi connectivity index (χ1n) is 12.3. The molecule has 0 heterocycles. The Morgan fingerprint density at radius 3 is 2.16 bits per heavy atom. The molecule has 3 rings (SSSR count).